The number of ether oxygens (including phenoxy) is 2. The first-order valence-electron chi connectivity index (χ1n) is 9.31. The molecule has 1 aliphatic rings. The Hall–Kier alpha value is -3.07. The van der Waals surface area contributed by atoms with Gasteiger partial charge >= 0.3 is 6.18 Å². The second-order valence-electron chi connectivity index (χ2n) is 7.15. The van der Waals surface area contributed by atoms with Crippen molar-refractivity contribution in [2.45, 2.75) is 18.6 Å². The molecule has 6 nitrogen and oxygen atoms in total. The average molecular weight is 419 g/mol. The van der Waals surface area contributed by atoms with Crippen LogP contribution in [-0.4, -0.2) is 42.3 Å². The molecule has 0 saturated carbocycles. The normalized spacial score (nSPS) is 15.1. The van der Waals surface area contributed by atoms with Gasteiger partial charge in [0.1, 0.15) is 11.5 Å². The number of nitrogens with zero attached hydrogens (tertiary/aromatic N) is 3. The summed E-state index contributed by atoms with van der Waals surface area (Å²) in [5.41, 5.74) is 0.592. The molecule has 1 saturated heterocycles. The predicted octanol–water partition coefficient (Wildman–Crippen LogP) is 4.37. The van der Waals surface area contributed by atoms with Crippen LogP contribution in [0.25, 0.3) is 11.4 Å². The quantitative estimate of drug-likeness (QED) is 0.591. The molecule has 0 bridgehead atoms. The lowest BCUT2D eigenvalue weighted by molar-refractivity contribution is -0.137. The van der Waals surface area contributed by atoms with Crippen LogP contribution in [-0.2, 0) is 12.7 Å². The van der Waals surface area contributed by atoms with E-state index in [1.165, 1.54) is 12.1 Å². The third-order valence-electron chi connectivity index (χ3n) is 5.01. The van der Waals surface area contributed by atoms with Gasteiger partial charge in [0, 0.05) is 31.3 Å². The fourth-order valence-corrected chi connectivity index (χ4v) is 3.42. The maximum absolute atomic E-state index is 12.9. The van der Waals surface area contributed by atoms with E-state index in [0.717, 1.165) is 29.2 Å². The molecule has 0 radical (unpaired) electrons. The molecule has 9 heteroatoms. The van der Waals surface area contributed by atoms with Crippen molar-refractivity contribution in [2.75, 3.05) is 27.3 Å². The number of aromatic nitrogens is 2. The van der Waals surface area contributed by atoms with E-state index in [4.69, 9.17) is 14.0 Å². The van der Waals surface area contributed by atoms with Crippen LogP contribution in [0.4, 0.5) is 13.2 Å². The number of alkyl halides is 3. The molecule has 0 N–H and O–H groups in total. The van der Waals surface area contributed by atoms with Gasteiger partial charge in [0.2, 0.25) is 11.7 Å². The predicted molar refractivity (Wildman–Crippen MR) is 102 cm³/mol. The highest BCUT2D eigenvalue weighted by molar-refractivity contribution is 5.55. The van der Waals surface area contributed by atoms with E-state index in [-0.39, 0.29) is 17.3 Å². The van der Waals surface area contributed by atoms with Gasteiger partial charge in [-0.3, -0.25) is 4.90 Å². The number of benzene rings is 2. The summed E-state index contributed by atoms with van der Waals surface area (Å²) in [6.45, 7) is 2.13. The van der Waals surface area contributed by atoms with Gasteiger partial charge in [-0.1, -0.05) is 17.3 Å². The Morgan fingerprint density at radius 2 is 1.77 bits per heavy atom. The van der Waals surface area contributed by atoms with Crippen LogP contribution in [0.2, 0.25) is 0 Å². The zero-order valence-corrected chi connectivity index (χ0v) is 16.4. The van der Waals surface area contributed by atoms with E-state index < -0.39 is 11.7 Å². The zero-order valence-electron chi connectivity index (χ0n) is 16.4. The zero-order chi connectivity index (χ0) is 21.3. The Kier molecular flexibility index (Phi) is 5.38. The van der Waals surface area contributed by atoms with Crippen molar-refractivity contribution in [1.82, 2.24) is 15.0 Å². The topological polar surface area (TPSA) is 60.6 Å². The fraction of sp³-hybridized carbons (Fsp3) is 0.333. The van der Waals surface area contributed by atoms with Gasteiger partial charge in [0.25, 0.3) is 0 Å². The molecule has 1 aliphatic heterocycles. The molecular weight excluding hydrogens is 399 g/mol. The Labute approximate surface area is 171 Å². The molecule has 0 spiro atoms. The monoisotopic (exact) mass is 419 g/mol. The van der Waals surface area contributed by atoms with Gasteiger partial charge in [-0.15, -0.1) is 0 Å². The van der Waals surface area contributed by atoms with Gasteiger partial charge in [0.15, 0.2) is 0 Å². The average Bonchev–Trinajstić information content (AvgIpc) is 3.19. The van der Waals surface area contributed by atoms with Crippen molar-refractivity contribution in [1.29, 1.82) is 0 Å². The van der Waals surface area contributed by atoms with E-state index in [0.29, 0.717) is 25.5 Å². The maximum atomic E-state index is 12.9. The molecule has 1 fully saturated rings. The molecule has 2 aromatic carbocycles. The SMILES string of the molecule is COc1cc(CN2CC(c3nc(-c4cccc(C(F)(F)F)c4)no3)C2)cc(OC)c1. The molecule has 0 atom stereocenters. The molecule has 3 aromatic rings. The third kappa shape index (κ3) is 4.25. The summed E-state index contributed by atoms with van der Waals surface area (Å²) >= 11 is 0. The third-order valence-corrected chi connectivity index (χ3v) is 5.01. The second kappa shape index (κ2) is 7.98. The van der Waals surface area contributed by atoms with Crippen molar-refractivity contribution in [3.63, 3.8) is 0 Å². The minimum atomic E-state index is -4.42. The Bertz CT molecular complexity index is 1010. The number of methoxy groups -OCH3 is 2. The molecule has 0 amide bonds. The maximum Gasteiger partial charge on any atom is 0.416 e. The molecule has 4 rings (SSSR count). The van der Waals surface area contributed by atoms with Gasteiger partial charge in [0.05, 0.1) is 25.7 Å². The molecule has 1 aromatic heterocycles. The van der Waals surface area contributed by atoms with E-state index in [2.05, 4.69) is 15.0 Å². The lowest BCUT2D eigenvalue weighted by Crippen LogP contribution is -2.44. The standard InChI is InChI=1S/C21H20F3N3O3/c1-28-17-6-13(7-18(9-17)29-2)10-27-11-15(12-27)20-25-19(26-30-20)14-4-3-5-16(8-14)21(22,23)24/h3-9,15H,10-12H2,1-2H3. The number of hydrogen-bond acceptors (Lipinski definition) is 6. The number of rotatable bonds is 6. The van der Waals surface area contributed by atoms with Crippen LogP contribution < -0.4 is 9.47 Å². The Morgan fingerprint density at radius 1 is 1.07 bits per heavy atom. The molecular formula is C21H20F3N3O3. The molecule has 30 heavy (non-hydrogen) atoms. The highest BCUT2D eigenvalue weighted by Crippen LogP contribution is 2.33. The van der Waals surface area contributed by atoms with Gasteiger partial charge in [-0.05, 0) is 29.8 Å². The van der Waals surface area contributed by atoms with Gasteiger partial charge in [-0.2, -0.15) is 18.2 Å². The first-order valence-corrected chi connectivity index (χ1v) is 9.31. The van der Waals surface area contributed by atoms with E-state index in [9.17, 15) is 13.2 Å². The van der Waals surface area contributed by atoms with Crippen LogP contribution in [0, 0.1) is 0 Å². The first kappa shape index (κ1) is 20.2. The smallest absolute Gasteiger partial charge is 0.416 e. The molecule has 2 heterocycles. The van der Waals surface area contributed by atoms with E-state index >= 15 is 0 Å². The summed E-state index contributed by atoms with van der Waals surface area (Å²) in [5, 5.41) is 3.86. The van der Waals surface area contributed by atoms with E-state index in [1.54, 1.807) is 14.2 Å². The minimum Gasteiger partial charge on any atom is -0.497 e. The van der Waals surface area contributed by atoms with Crippen molar-refractivity contribution in [3.05, 3.63) is 59.5 Å². The lowest BCUT2D eigenvalue weighted by atomic mass is 9.99. The minimum absolute atomic E-state index is 0.0459. The Balaban J connectivity index is 1.40. The molecule has 0 unspecified atom stereocenters. The van der Waals surface area contributed by atoms with Crippen LogP contribution >= 0.6 is 0 Å². The van der Waals surface area contributed by atoms with Crippen molar-refractivity contribution in [2.24, 2.45) is 0 Å². The Morgan fingerprint density at radius 3 is 2.40 bits per heavy atom. The van der Waals surface area contributed by atoms with Gasteiger partial charge in [-0.25, -0.2) is 0 Å². The summed E-state index contributed by atoms with van der Waals surface area (Å²) < 4.78 is 54.6. The highest BCUT2D eigenvalue weighted by Gasteiger charge is 2.33. The fourth-order valence-electron chi connectivity index (χ4n) is 3.42. The van der Waals surface area contributed by atoms with Crippen molar-refractivity contribution in [3.8, 4) is 22.9 Å². The number of likely N-dealkylation sites (tertiary alicyclic amines) is 1. The van der Waals surface area contributed by atoms with Crippen LogP contribution in [0.15, 0.2) is 47.0 Å². The number of halogens is 3. The largest absolute Gasteiger partial charge is 0.497 e. The second-order valence-corrected chi connectivity index (χ2v) is 7.15. The highest BCUT2D eigenvalue weighted by atomic mass is 19.4. The van der Waals surface area contributed by atoms with Crippen LogP contribution in [0.1, 0.15) is 22.9 Å². The summed E-state index contributed by atoms with van der Waals surface area (Å²) in [6, 6.07) is 10.6. The lowest BCUT2D eigenvalue weighted by Gasteiger charge is -2.37. The summed E-state index contributed by atoms with van der Waals surface area (Å²) in [7, 11) is 3.21. The van der Waals surface area contributed by atoms with E-state index in [1.807, 2.05) is 18.2 Å². The summed E-state index contributed by atoms with van der Waals surface area (Å²) in [6.07, 6.45) is -4.42. The van der Waals surface area contributed by atoms with Crippen molar-refractivity contribution < 1.29 is 27.2 Å². The first-order chi connectivity index (χ1) is 14.4. The van der Waals surface area contributed by atoms with Crippen molar-refractivity contribution >= 4 is 0 Å². The summed E-state index contributed by atoms with van der Waals surface area (Å²) in [5.74, 6) is 2.09. The van der Waals surface area contributed by atoms with Crippen LogP contribution in [0.5, 0.6) is 11.5 Å². The molecule has 0 aliphatic carbocycles. The van der Waals surface area contributed by atoms with Gasteiger partial charge < -0.3 is 14.0 Å². The van der Waals surface area contributed by atoms with Crippen LogP contribution in [0.3, 0.4) is 0 Å². The summed E-state index contributed by atoms with van der Waals surface area (Å²) in [4.78, 5) is 6.51. The number of hydrogen-bond donors (Lipinski definition) is 0. The molecule has 158 valence electrons.